The van der Waals surface area contributed by atoms with Crippen molar-refractivity contribution in [2.45, 2.75) is 13.3 Å². The van der Waals surface area contributed by atoms with Crippen LogP contribution in [0, 0.1) is 10.1 Å². The smallest absolute Gasteiger partial charge is 0.364 e. The molecular weight excluding hydrogens is 238 g/mol. The standard InChI is InChI=1S/C11H13N3O4/c1-2-3-4-5-12-9-7-13-10(14(17)18)6-8(9)11(15)16/h2-3,6-7,12H,4-5H2,1H3,(H,15,16)/b3-2+. The van der Waals surface area contributed by atoms with Crippen LogP contribution in [0.3, 0.4) is 0 Å². The lowest BCUT2D eigenvalue weighted by molar-refractivity contribution is -0.389. The fraction of sp³-hybridized carbons (Fsp3) is 0.273. The second-order valence-corrected chi connectivity index (χ2v) is 3.43. The highest BCUT2D eigenvalue weighted by atomic mass is 16.6. The van der Waals surface area contributed by atoms with Gasteiger partial charge in [-0.1, -0.05) is 12.2 Å². The minimum atomic E-state index is -1.23. The molecule has 2 N–H and O–H groups in total. The number of nitrogens with zero attached hydrogens (tertiary/aromatic N) is 2. The van der Waals surface area contributed by atoms with Gasteiger partial charge in [0.2, 0.25) is 0 Å². The summed E-state index contributed by atoms with van der Waals surface area (Å²) in [7, 11) is 0. The van der Waals surface area contributed by atoms with Gasteiger partial charge in [-0.2, -0.15) is 0 Å². The lowest BCUT2D eigenvalue weighted by Crippen LogP contribution is -2.09. The summed E-state index contributed by atoms with van der Waals surface area (Å²) in [6.07, 6.45) is 5.70. The zero-order chi connectivity index (χ0) is 13.5. The number of anilines is 1. The van der Waals surface area contributed by atoms with Crippen molar-refractivity contribution in [2.24, 2.45) is 0 Å². The normalized spacial score (nSPS) is 10.5. The molecule has 0 saturated carbocycles. The van der Waals surface area contributed by atoms with Crippen molar-refractivity contribution in [3.63, 3.8) is 0 Å². The largest absolute Gasteiger partial charge is 0.478 e. The summed E-state index contributed by atoms with van der Waals surface area (Å²) in [5.74, 6) is -1.71. The van der Waals surface area contributed by atoms with Gasteiger partial charge in [0.1, 0.15) is 0 Å². The van der Waals surface area contributed by atoms with E-state index in [2.05, 4.69) is 10.3 Å². The Hall–Kier alpha value is -2.44. The number of carboxylic acids is 1. The molecule has 0 amide bonds. The lowest BCUT2D eigenvalue weighted by Gasteiger charge is -2.06. The molecular formula is C11H13N3O4. The second-order valence-electron chi connectivity index (χ2n) is 3.43. The minimum Gasteiger partial charge on any atom is -0.478 e. The maximum absolute atomic E-state index is 11.0. The fourth-order valence-electron chi connectivity index (χ4n) is 1.32. The minimum absolute atomic E-state index is 0.155. The van der Waals surface area contributed by atoms with Crippen molar-refractivity contribution < 1.29 is 14.8 Å². The molecule has 0 spiro atoms. The lowest BCUT2D eigenvalue weighted by atomic mass is 10.2. The Kier molecular flexibility index (Phi) is 4.79. The Labute approximate surface area is 103 Å². The molecule has 0 radical (unpaired) electrons. The molecule has 0 unspecified atom stereocenters. The Morgan fingerprint density at radius 3 is 2.94 bits per heavy atom. The van der Waals surface area contributed by atoms with E-state index < -0.39 is 16.7 Å². The summed E-state index contributed by atoms with van der Waals surface area (Å²) < 4.78 is 0. The fourth-order valence-corrected chi connectivity index (χ4v) is 1.32. The van der Waals surface area contributed by atoms with Crippen molar-refractivity contribution >= 4 is 17.5 Å². The first-order valence-electron chi connectivity index (χ1n) is 5.29. The van der Waals surface area contributed by atoms with Crippen molar-refractivity contribution in [3.8, 4) is 0 Å². The maximum Gasteiger partial charge on any atom is 0.364 e. The zero-order valence-electron chi connectivity index (χ0n) is 9.79. The van der Waals surface area contributed by atoms with Gasteiger partial charge in [-0.3, -0.25) is 0 Å². The van der Waals surface area contributed by atoms with Gasteiger partial charge in [0.05, 0.1) is 17.3 Å². The van der Waals surface area contributed by atoms with Gasteiger partial charge in [-0.15, -0.1) is 0 Å². The van der Waals surface area contributed by atoms with Crippen molar-refractivity contribution in [3.05, 3.63) is 40.1 Å². The summed E-state index contributed by atoms with van der Waals surface area (Å²) in [4.78, 5) is 24.3. The van der Waals surface area contributed by atoms with Crippen LogP contribution < -0.4 is 5.32 Å². The molecule has 1 aromatic heterocycles. The van der Waals surface area contributed by atoms with Crippen LogP contribution in [-0.2, 0) is 0 Å². The van der Waals surface area contributed by atoms with Gasteiger partial charge in [-0.05, 0) is 23.3 Å². The van der Waals surface area contributed by atoms with E-state index in [-0.39, 0.29) is 11.3 Å². The van der Waals surface area contributed by atoms with Gasteiger partial charge in [0, 0.05) is 6.54 Å². The number of nitrogens with one attached hydrogen (secondary N) is 1. The van der Waals surface area contributed by atoms with Crippen LogP contribution in [0.2, 0.25) is 0 Å². The molecule has 0 aliphatic heterocycles. The molecule has 1 heterocycles. The Morgan fingerprint density at radius 2 is 2.39 bits per heavy atom. The number of pyridine rings is 1. The first-order chi connectivity index (χ1) is 8.56. The highest BCUT2D eigenvalue weighted by molar-refractivity contribution is 5.94. The topological polar surface area (TPSA) is 105 Å². The highest BCUT2D eigenvalue weighted by Crippen LogP contribution is 2.19. The van der Waals surface area contributed by atoms with Gasteiger partial charge in [0.15, 0.2) is 6.20 Å². The van der Waals surface area contributed by atoms with E-state index >= 15 is 0 Å². The summed E-state index contributed by atoms with van der Waals surface area (Å²) in [5, 5.41) is 22.4. The Bertz CT molecular complexity index is 485. The molecule has 1 rings (SSSR count). The van der Waals surface area contributed by atoms with Crippen LogP contribution in [0.1, 0.15) is 23.7 Å². The molecule has 0 bridgehead atoms. The Balaban J connectivity index is 2.90. The molecule has 0 aliphatic rings. The third kappa shape index (κ3) is 3.55. The number of aromatic carboxylic acids is 1. The first-order valence-corrected chi connectivity index (χ1v) is 5.29. The predicted octanol–water partition coefficient (Wildman–Crippen LogP) is 2.07. The van der Waals surface area contributed by atoms with Crippen molar-refractivity contribution in [1.29, 1.82) is 0 Å². The summed E-state index contributed by atoms with van der Waals surface area (Å²) in [5.41, 5.74) is 0.120. The van der Waals surface area contributed by atoms with Crippen LogP contribution in [0.4, 0.5) is 11.5 Å². The number of nitro groups is 1. The number of carboxylic acid groups (broad SMARTS) is 1. The molecule has 0 aliphatic carbocycles. The van der Waals surface area contributed by atoms with Gasteiger partial charge in [0.25, 0.3) is 0 Å². The summed E-state index contributed by atoms with van der Waals surface area (Å²) >= 11 is 0. The van der Waals surface area contributed by atoms with Crippen LogP contribution >= 0.6 is 0 Å². The van der Waals surface area contributed by atoms with E-state index in [0.717, 1.165) is 18.7 Å². The maximum atomic E-state index is 11.0. The van der Waals surface area contributed by atoms with E-state index in [1.807, 2.05) is 19.1 Å². The first kappa shape index (κ1) is 13.6. The van der Waals surface area contributed by atoms with E-state index in [4.69, 9.17) is 5.11 Å². The third-order valence-corrected chi connectivity index (χ3v) is 2.17. The number of hydrogen-bond acceptors (Lipinski definition) is 5. The Morgan fingerprint density at radius 1 is 1.67 bits per heavy atom. The van der Waals surface area contributed by atoms with E-state index in [9.17, 15) is 14.9 Å². The molecule has 96 valence electrons. The van der Waals surface area contributed by atoms with Gasteiger partial charge >= 0.3 is 11.8 Å². The third-order valence-electron chi connectivity index (χ3n) is 2.17. The monoisotopic (exact) mass is 251 g/mol. The van der Waals surface area contributed by atoms with E-state index in [0.29, 0.717) is 6.54 Å². The predicted molar refractivity (Wildman–Crippen MR) is 65.8 cm³/mol. The van der Waals surface area contributed by atoms with Crippen LogP contribution in [-0.4, -0.2) is 27.5 Å². The molecule has 7 heteroatoms. The number of rotatable bonds is 6. The molecule has 0 aromatic carbocycles. The van der Waals surface area contributed by atoms with Crippen LogP contribution in [0.15, 0.2) is 24.4 Å². The summed E-state index contributed by atoms with van der Waals surface area (Å²) in [6.45, 7) is 2.42. The zero-order valence-corrected chi connectivity index (χ0v) is 9.79. The molecule has 7 nitrogen and oxygen atoms in total. The average Bonchev–Trinajstić information content (AvgIpc) is 2.34. The number of allylic oxidation sites excluding steroid dienone is 1. The quantitative estimate of drug-likeness (QED) is 0.347. The molecule has 0 fully saturated rings. The number of aromatic nitrogens is 1. The van der Waals surface area contributed by atoms with Crippen molar-refractivity contribution in [2.75, 3.05) is 11.9 Å². The SMILES string of the molecule is C/C=C/CCNc1cnc([N+](=O)[O-])cc1C(=O)O. The molecule has 0 atom stereocenters. The van der Waals surface area contributed by atoms with Crippen LogP contribution in [0.25, 0.3) is 0 Å². The summed E-state index contributed by atoms with van der Waals surface area (Å²) in [6, 6.07) is 0.945. The average molecular weight is 251 g/mol. The van der Waals surface area contributed by atoms with Gasteiger partial charge in [-0.25, -0.2) is 4.79 Å². The second kappa shape index (κ2) is 6.33. The van der Waals surface area contributed by atoms with Gasteiger partial charge < -0.3 is 20.5 Å². The molecule has 1 aromatic rings. The molecule has 0 saturated heterocycles. The number of carbonyl (C=O) groups is 1. The highest BCUT2D eigenvalue weighted by Gasteiger charge is 2.17. The van der Waals surface area contributed by atoms with E-state index in [1.165, 1.54) is 0 Å². The number of hydrogen-bond donors (Lipinski definition) is 2. The van der Waals surface area contributed by atoms with E-state index in [1.54, 1.807) is 0 Å². The molecule has 18 heavy (non-hydrogen) atoms. The van der Waals surface area contributed by atoms with Crippen LogP contribution in [0.5, 0.6) is 0 Å². The van der Waals surface area contributed by atoms with Crippen molar-refractivity contribution in [1.82, 2.24) is 4.98 Å².